The first-order chi connectivity index (χ1) is 9.60. The van der Waals surface area contributed by atoms with Gasteiger partial charge in [0.15, 0.2) is 0 Å². The van der Waals surface area contributed by atoms with Crippen LogP contribution in [0.15, 0.2) is 18.2 Å². The van der Waals surface area contributed by atoms with Crippen LogP contribution in [0.2, 0.25) is 0 Å². The average molecular weight is 277 g/mol. The number of hydrogen-bond acceptors (Lipinski definition) is 4. The highest BCUT2D eigenvalue weighted by atomic mass is 16.6. The SMILES string of the molecule is CCc1ccc(NCC2CCCN(C)C2)cc1[N+](=O)[O-]. The fraction of sp³-hybridized carbons (Fsp3) is 0.600. The van der Waals surface area contributed by atoms with Crippen molar-refractivity contribution in [2.24, 2.45) is 5.92 Å². The molecule has 1 N–H and O–H groups in total. The topological polar surface area (TPSA) is 58.4 Å². The number of nitrogens with zero attached hydrogens (tertiary/aromatic N) is 2. The Kier molecular flexibility index (Phi) is 4.95. The van der Waals surface area contributed by atoms with Gasteiger partial charge in [0.05, 0.1) is 4.92 Å². The van der Waals surface area contributed by atoms with E-state index in [9.17, 15) is 10.1 Å². The van der Waals surface area contributed by atoms with E-state index in [0.717, 1.165) is 24.3 Å². The molecule has 1 atom stereocenters. The first kappa shape index (κ1) is 14.8. The van der Waals surface area contributed by atoms with Crippen molar-refractivity contribution in [3.8, 4) is 0 Å². The maximum absolute atomic E-state index is 11.1. The molecule has 5 heteroatoms. The maximum Gasteiger partial charge on any atom is 0.274 e. The standard InChI is InChI=1S/C15H23N3O2/c1-3-13-6-7-14(9-15(13)18(19)20)16-10-12-5-4-8-17(2)11-12/h6-7,9,12,16H,3-5,8,10-11H2,1-2H3. The third-order valence-electron chi connectivity index (χ3n) is 3.98. The zero-order chi connectivity index (χ0) is 14.5. The molecule has 1 unspecified atom stereocenters. The van der Waals surface area contributed by atoms with Crippen LogP contribution >= 0.6 is 0 Å². The minimum absolute atomic E-state index is 0.221. The summed E-state index contributed by atoms with van der Waals surface area (Å²) < 4.78 is 0. The van der Waals surface area contributed by atoms with Crippen LogP contribution < -0.4 is 5.32 Å². The van der Waals surface area contributed by atoms with Crippen molar-refractivity contribution in [2.45, 2.75) is 26.2 Å². The highest BCUT2D eigenvalue weighted by Crippen LogP contribution is 2.24. The lowest BCUT2D eigenvalue weighted by atomic mass is 9.98. The van der Waals surface area contributed by atoms with E-state index in [4.69, 9.17) is 0 Å². The summed E-state index contributed by atoms with van der Waals surface area (Å²) in [6.45, 7) is 5.09. The van der Waals surface area contributed by atoms with Gasteiger partial charge in [-0.15, -0.1) is 0 Å². The van der Waals surface area contributed by atoms with E-state index in [1.165, 1.54) is 19.4 Å². The Morgan fingerprint density at radius 2 is 2.30 bits per heavy atom. The van der Waals surface area contributed by atoms with E-state index in [-0.39, 0.29) is 10.6 Å². The van der Waals surface area contributed by atoms with Crippen LogP contribution in [0, 0.1) is 16.0 Å². The Morgan fingerprint density at radius 1 is 1.50 bits per heavy atom. The van der Waals surface area contributed by atoms with Gasteiger partial charge in [0, 0.05) is 30.4 Å². The number of nitro benzene ring substituents is 1. The van der Waals surface area contributed by atoms with Gasteiger partial charge in [-0.3, -0.25) is 10.1 Å². The summed E-state index contributed by atoms with van der Waals surface area (Å²) in [6.07, 6.45) is 3.15. The van der Waals surface area contributed by atoms with E-state index >= 15 is 0 Å². The van der Waals surface area contributed by atoms with Gasteiger partial charge >= 0.3 is 0 Å². The zero-order valence-corrected chi connectivity index (χ0v) is 12.3. The van der Waals surface area contributed by atoms with Crippen molar-refractivity contribution in [3.63, 3.8) is 0 Å². The molecule has 0 aromatic heterocycles. The van der Waals surface area contributed by atoms with E-state index in [1.807, 2.05) is 19.1 Å². The number of likely N-dealkylation sites (tertiary alicyclic amines) is 1. The summed E-state index contributed by atoms with van der Waals surface area (Å²) in [5.41, 5.74) is 1.86. The number of anilines is 1. The molecule has 0 spiro atoms. The average Bonchev–Trinajstić information content (AvgIpc) is 2.45. The lowest BCUT2D eigenvalue weighted by molar-refractivity contribution is -0.385. The third kappa shape index (κ3) is 3.70. The lowest BCUT2D eigenvalue weighted by Crippen LogP contribution is -2.35. The summed E-state index contributed by atoms with van der Waals surface area (Å²) in [6, 6.07) is 5.46. The van der Waals surface area contributed by atoms with Crippen molar-refractivity contribution in [1.82, 2.24) is 4.90 Å². The molecule has 0 amide bonds. The number of benzene rings is 1. The van der Waals surface area contributed by atoms with E-state index in [1.54, 1.807) is 6.07 Å². The highest BCUT2D eigenvalue weighted by molar-refractivity contribution is 5.55. The number of rotatable bonds is 5. The lowest BCUT2D eigenvalue weighted by Gasteiger charge is -2.29. The molecule has 1 aromatic carbocycles. The molecule has 5 nitrogen and oxygen atoms in total. The molecular formula is C15H23N3O2. The quantitative estimate of drug-likeness (QED) is 0.664. The molecule has 2 rings (SSSR count). The van der Waals surface area contributed by atoms with Gasteiger partial charge in [-0.25, -0.2) is 0 Å². The number of hydrogen-bond donors (Lipinski definition) is 1. The molecule has 0 saturated carbocycles. The largest absolute Gasteiger partial charge is 0.385 e. The van der Waals surface area contributed by atoms with Crippen LogP contribution in [0.4, 0.5) is 11.4 Å². The molecular weight excluding hydrogens is 254 g/mol. The summed E-state index contributed by atoms with van der Waals surface area (Å²) in [7, 11) is 2.15. The highest BCUT2D eigenvalue weighted by Gasteiger charge is 2.18. The molecule has 110 valence electrons. The van der Waals surface area contributed by atoms with Crippen LogP contribution in [0.5, 0.6) is 0 Å². The van der Waals surface area contributed by atoms with E-state index < -0.39 is 0 Å². The second-order valence-electron chi connectivity index (χ2n) is 5.61. The number of piperidine rings is 1. The Balaban J connectivity index is 1.99. The fourth-order valence-corrected chi connectivity index (χ4v) is 2.84. The van der Waals surface area contributed by atoms with Gasteiger partial charge in [-0.05, 0) is 44.8 Å². The van der Waals surface area contributed by atoms with Gasteiger partial charge in [-0.1, -0.05) is 13.0 Å². The first-order valence-electron chi connectivity index (χ1n) is 7.30. The molecule has 20 heavy (non-hydrogen) atoms. The summed E-state index contributed by atoms with van der Waals surface area (Å²) in [4.78, 5) is 13.1. The summed E-state index contributed by atoms with van der Waals surface area (Å²) >= 11 is 0. The molecule has 1 aliphatic heterocycles. The molecule has 0 bridgehead atoms. The Morgan fingerprint density at radius 3 is 2.95 bits per heavy atom. The van der Waals surface area contributed by atoms with Gasteiger partial charge in [-0.2, -0.15) is 0 Å². The predicted molar refractivity (Wildman–Crippen MR) is 81.2 cm³/mol. The van der Waals surface area contributed by atoms with Gasteiger partial charge in [0.2, 0.25) is 0 Å². The minimum atomic E-state index is -0.293. The summed E-state index contributed by atoms with van der Waals surface area (Å²) in [5, 5.41) is 14.4. The third-order valence-corrected chi connectivity index (χ3v) is 3.98. The first-order valence-corrected chi connectivity index (χ1v) is 7.30. The van der Waals surface area contributed by atoms with Crippen LogP contribution in [0.3, 0.4) is 0 Å². The predicted octanol–water partition coefficient (Wildman–Crippen LogP) is 2.91. The monoisotopic (exact) mass is 277 g/mol. The Labute approximate surface area is 120 Å². The van der Waals surface area contributed by atoms with Crippen LogP contribution in [0.1, 0.15) is 25.3 Å². The Hall–Kier alpha value is -1.62. The van der Waals surface area contributed by atoms with E-state index in [0.29, 0.717) is 12.3 Å². The normalized spacial score (nSPS) is 19.8. The summed E-state index contributed by atoms with van der Waals surface area (Å²) in [5.74, 6) is 0.624. The smallest absolute Gasteiger partial charge is 0.274 e. The second-order valence-corrected chi connectivity index (χ2v) is 5.61. The molecule has 1 fully saturated rings. The van der Waals surface area contributed by atoms with Gasteiger partial charge < -0.3 is 10.2 Å². The van der Waals surface area contributed by atoms with Crippen molar-refractivity contribution >= 4 is 11.4 Å². The van der Waals surface area contributed by atoms with Gasteiger partial charge in [0.1, 0.15) is 0 Å². The Bertz CT molecular complexity index is 476. The minimum Gasteiger partial charge on any atom is -0.385 e. The maximum atomic E-state index is 11.1. The van der Waals surface area contributed by atoms with Crippen molar-refractivity contribution in [2.75, 3.05) is 32.0 Å². The molecule has 1 saturated heterocycles. The van der Waals surface area contributed by atoms with Crippen molar-refractivity contribution < 1.29 is 4.92 Å². The van der Waals surface area contributed by atoms with E-state index in [2.05, 4.69) is 17.3 Å². The molecule has 0 aliphatic carbocycles. The molecule has 1 aromatic rings. The molecule has 1 heterocycles. The van der Waals surface area contributed by atoms with Crippen molar-refractivity contribution in [1.29, 1.82) is 0 Å². The van der Waals surface area contributed by atoms with Crippen LogP contribution in [-0.4, -0.2) is 36.5 Å². The number of aryl methyl sites for hydroxylation is 1. The number of nitro groups is 1. The molecule has 0 radical (unpaired) electrons. The second kappa shape index (κ2) is 6.70. The molecule has 1 aliphatic rings. The van der Waals surface area contributed by atoms with Crippen molar-refractivity contribution in [3.05, 3.63) is 33.9 Å². The fourth-order valence-electron chi connectivity index (χ4n) is 2.84. The number of nitrogens with one attached hydrogen (secondary N) is 1. The van der Waals surface area contributed by atoms with Gasteiger partial charge in [0.25, 0.3) is 5.69 Å². The van der Waals surface area contributed by atoms with Crippen LogP contribution in [0.25, 0.3) is 0 Å². The zero-order valence-electron chi connectivity index (χ0n) is 12.3. The van der Waals surface area contributed by atoms with Crippen LogP contribution in [-0.2, 0) is 6.42 Å².